The van der Waals surface area contributed by atoms with E-state index in [1.54, 1.807) is 35.1 Å². The van der Waals surface area contributed by atoms with E-state index in [1.165, 1.54) is 18.4 Å². The van der Waals surface area contributed by atoms with E-state index in [2.05, 4.69) is 10.4 Å². The smallest absolute Gasteiger partial charge is 0.255 e. The van der Waals surface area contributed by atoms with Crippen molar-refractivity contribution < 1.29 is 13.2 Å². The van der Waals surface area contributed by atoms with Crippen LogP contribution in [0, 0.1) is 0 Å². The summed E-state index contributed by atoms with van der Waals surface area (Å²) in [6, 6.07) is 15.9. The predicted molar refractivity (Wildman–Crippen MR) is 116 cm³/mol. The summed E-state index contributed by atoms with van der Waals surface area (Å²) in [6.45, 7) is 3.85. The van der Waals surface area contributed by atoms with Crippen molar-refractivity contribution in [2.24, 2.45) is 0 Å². The van der Waals surface area contributed by atoms with Crippen LogP contribution in [-0.4, -0.2) is 42.5 Å². The molecule has 2 aromatic carbocycles. The minimum absolute atomic E-state index is 0.215. The molecule has 3 aromatic rings. The Morgan fingerprint density at radius 1 is 1.10 bits per heavy atom. The van der Waals surface area contributed by atoms with Crippen LogP contribution in [0.4, 0.5) is 0 Å². The van der Waals surface area contributed by atoms with E-state index in [0.717, 1.165) is 16.9 Å². The third-order valence-corrected chi connectivity index (χ3v) is 6.78. The molecule has 8 heteroatoms. The fourth-order valence-corrected chi connectivity index (χ4v) is 4.09. The third kappa shape index (κ3) is 4.29. The Hall–Kier alpha value is -2.97. The van der Waals surface area contributed by atoms with E-state index in [1.807, 2.05) is 44.2 Å². The Morgan fingerprint density at radius 2 is 1.73 bits per heavy atom. The number of rotatable bonds is 7. The van der Waals surface area contributed by atoms with Crippen molar-refractivity contribution in [2.45, 2.75) is 31.2 Å². The number of sulfonamides is 1. The van der Waals surface area contributed by atoms with Crippen LogP contribution in [-0.2, 0) is 16.4 Å². The monoisotopic (exact) mass is 426 g/mol. The van der Waals surface area contributed by atoms with Crippen molar-refractivity contribution in [3.05, 3.63) is 77.6 Å². The van der Waals surface area contributed by atoms with Crippen molar-refractivity contribution in [1.82, 2.24) is 19.4 Å². The average Bonchev–Trinajstić information content (AvgIpc) is 3.18. The summed E-state index contributed by atoms with van der Waals surface area (Å²) in [5, 5.41) is 7.38. The summed E-state index contributed by atoms with van der Waals surface area (Å²) in [5.41, 5.74) is 3.08. The normalized spacial score (nSPS) is 12.7. The zero-order chi connectivity index (χ0) is 21.9. The molecule has 7 nitrogen and oxygen atoms in total. The molecule has 0 aliphatic carbocycles. The van der Waals surface area contributed by atoms with Gasteiger partial charge in [-0.15, -0.1) is 0 Å². The van der Waals surface area contributed by atoms with Crippen LogP contribution in [0.25, 0.3) is 5.69 Å². The average molecular weight is 427 g/mol. The summed E-state index contributed by atoms with van der Waals surface area (Å²) in [6.07, 6.45) is 2.24. The number of benzene rings is 2. The number of hydrogen-bond donors (Lipinski definition) is 1. The first-order chi connectivity index (χ1) is 14.3. The second kappa shape index (κ2) is 8.81. The van der Waals surface area contributed by atoms with Crippen LogP contribution < -0.4 is 5.32 Å². The molecule has 0 fully saturated rings. The highest BCUT2D eigenvalue weighted by Gasteiger charge is 2.20. The fourth-order valence-electron chi connectivity index (χ4n) is 3.19. The highest BCUT2D eigenvalue weighted by Crippen LogP contribution is 2.20. The van der Waals surface area contributed by atoms with Crippen molar-refractivity contribution in [2.75, 3.05) is 14.1 Å². The van der Waals surface area contributed by atoms with Gasteiger partial charge in [0.15, 0.2) is 0 Å². The maximum absolute atomic E-state index is 12.9. The maximum atomic E-state index is 12.9. The summed E-state index contributed by atoms with van der Waals surface area (Å²) in [5.74, 6) is -0.216. The molecule has 1 N–H and O–H groups in total. The minimum Gasteiger partial charge on any atom is -0.345 e. The number of para-hydroxylation sites is 1. The van der Waals surface area contributed by atoms with Crippen LogP contribution in [0.15, 0.2) is 65.7 Å². The van der Waals surface area contributed by atoms with Gasteiger partial charge in [0, 0.05) is 14.1 Å². The van der Waals surface area contributed by atoms with Gasteiger partial charge in [-0.3, -0.25) is 4.79 Å². The van der Waals surface area contributed by atoms with Crippen molar-refractivity contribution in [3.8, 4) is 5.69 Å². The van der Waals surface area contributed by atoms with Gasteiger partial charge in [-0.25, -0.2) is 17.4 Å². The van der Waals surface area contributed by atoms with Gasteiger partial charge in [0.1, 0.15) is 0 Å². The first-order valence-corrected chi connectivity index (χ1v) is 11.2. The Labute approximate surface area is 177 Å². The molecule has 0 saturated carbocycles. The Balaban J connectivity index is 1.79. The molecule has 1 atom stereocenters. The summed E-state index contributed by atoms with van der Waals surface area (Å²) >= 11 is 0. The molecule has 3 rings (SSSR count). The second-order valence-corrected chi connectivity index (χ2v) is 9.31. The van der Waals surface area contributed by atoms with Crippen LogP contribution in [0.3, 0.4) is 0 Å². The number of nitrogens with zero attached hydrogens (tertiary/aromatic N) is 3. The topological polar surface area (TPSA) is 84.3 Å². The molecule has 1 aromatic heterocycles. The van der Waals surface area contributed by atoms with E-state index in [0.29, 0.717) is 12.0 Å². The molecule has 158 valence electrons. The Kier molecular flexibility index (Phi) is 6.38. The molecule has 0 radical (unpaired) electrons. The van der Waals surface area contributed by atoms with E-state index in [-0.39, 0.29) is 16.8 Å². The minimum atomic E-state index is -3.48. The number of carbonyl (C=O) groups is 1. The Morgan fingerprint density at radius 3 is 2.30 bits per heavy atom. The van der Waals surface area contributed by atoms with Crippen LogP contribution in [0.5, 0.6) is 0 Å². The number of amides is 1. The van der Waals surface area contributed by atoms with Gasteiger partial charge in [-0.1, -0.05) is 37.3 Å². The van der Waals surface area contributed by atoms with Gasteiger partial charge in [0.25, 0.3) is 5.91 Å². The van der Waals surface area contributed by atoms with Gasteiger partial charge in [0.05, 0.1) is 34.1 Å². The molecular formula is C22H26N4O3S. The van der Waals surface area contributed by atoms with Crippen LogP contribution in [0.2, 0.25) is 0 Å². The molecule has 0 aliphatic rings. The summed E-state index contributed by atoms with van der Waals surface area (Å²) in [4.78, 5) is 13.1. The molecule has 0 bridgehead atoms. The number of hydrogen-bond acceptors (Lipinski definition) is 4. The zero-order valence-corrected chi connectivity index (χ0v) is 18.3. The van der Waals surface area contributed by atoms with E-state index >= 15 is 0 Å². The van der Waals surface area contributed by atoms with Gasteiger partial charge in [-0.05, 0) is 43.2 Å². The molecular weight excluding hydrogens is 400 g/mol. The van der Waals surface area contributed by atoms with Crippen LogP contribution >= 0.6 is 0 Å². The first kappa shape index (κ1) is 21.7. The standard InChI is InChI=1S/C22H26N4O3S/c1-5-21-20(15-23-26(21)18-9-7-6-8-10-18)22(27)24-16(2)17-11-13-19(14-12-17)30(28,29)25(3)4/h6-16H,5H2,1-4H3,(H,24,27). The molecule has 0 spiro atoms. The molecule has 1 heterocycles. The Bertz CT molecular complexity index is 1120. The number of carbonyl (C=O) groups excluding carboxylic acids is 1. The lowest BCUT2D eigenvalue weighted by atomic mass is 10.1. The van der Waals surface area contributed by atoms with Crippen molar-refractivity contribution in [1.29, 1.82) is 0 Å². The largest absolute Gasteiger partial charge is 0.345 e. The maximum Gasteiger partial charge on any atom is 0.255 e. The number of aromatic nitrogens is 2. The first-order valence-electron chi connectivity index (χ1n) is 9.71. The molecule has 0 saturated heterocycles. The lowest BCUT2D eigenvalue weighted by Gasteiger charge is -2.16. The SMILES string of the molecule is CCc1c(C(=O)NC(C)c2ccc(S(=O)(=O)N(C)C)cc2)cnn1-c1ccccc1. The lowest BCUT2D eigenvalue weighted by Crippen LogP contribution is -2.27. The predicted octanol–water partition coefficient (Wildman–Crippen LogP) is 3.18. The molecule has 1 unspecified atom stereocenters. The molecule has 1 amide bonds. The van der Waals surface area contributed by atoms with Crippen molar-refractivity contribution in [3.63, 3.8) is 0 Å². The highest BCUT2D eigenvalue weighted by molar-refractivity contribution is 7.89. The van der Waals surface area contributed by atoms with Gasteiger partial charge in [-0.2, -0.15) is 5.10 Å². The van der Waals surface area contributed by atoms with Gasteiger partial charge >= 0.3 is 0 Å². The van der Waals surface area contributed by atoms with E-state index < -0.39 is 10.0 Å². The highest BCUT2D eigenvalue weighted by atomic mass is 32.2. The van der Waals surface area contributed by atoms with E-state index in [9.17, 15) is 13.2 Å². The van der Waals surface area contributed by atoms with Crippen LogP contribution in [0.1, 0.15) is 41.5 Å². The quantitative estimate of drug-likeness (QED) is 0.629. The zero-order valence-electron chi connectivity index (χ0n) is 17.5. The summed E-state index contributed by atoms with van der Waals surface area (Å²) < 4.78 is 27.4. The molecule has 0 aliphatic heterocycles. The number of nitrogens with one attached hydrogen (secondary N) is 1. The van der Waals surface area contributed by atoms with Gasteiger partial charge < -0.3 is 5.32 Å². The fraction of sp³-hybridized carbons (Fsp3) is 0.273. The van der Waals surface area contributed by atoms with E-state index in [4.69, 9.17) is 0 Å². The molecule has 30 heavy (non-hydrogen) atoms. The third-order valence-electron chi connectivity index (χ3n) is 4.96. The second-order valence-electron chi connectivity index (χ2n) is 7.16. The summed E-state index contributed by atoms with van der Waals surface area (Å²) in [7, 11) is -0.497. The van der Waals surface area contributed by atoms with Gasteiger partial charge in [0.2, 0.25) is 10.0 Å². The van der Waals surface area contributed by atoms with Crippen molar-refractivity contribution >= 4 is 15.9 Å². The lowest BCUT2D eigenvalue weighted by molar-refractivity contribution is 0.0939.